The van der Waals surface area contributed by atoms with Gasteiger partial charge in [0.2, 0.25) is 0 Å². The second-order valence-corrected chi connectivity index (χ2v) is 6.48. The van der Waals surface area contributed by atoms with Crippen molar-refractivity contribution in [3.8, 4) is 0 Å². The molecular formula is C19H21N5O2. The number of aromatic nitrogens is 3. The number of nitrogens with zero attached hydrogens (tertiary/aromatic N) is 3. The Morgan fingerprint density at radius 3 is 2.85 bits per heavy atom. The van der Waals surface area contributed by atoms with Crippen LogP contribution in [-0.4, -0.2) is 40.2 Å². The Labute approximate surface area is 151 Å². The van der Waals surface area contributed by atoms with E-state index in [0.29, 0.717) is 18.0 Å². The number of hydrogen-bond acceptors (Lipinski definition) is 5. The molecule has 26 heavy (non-hydrogen) atoms. The van der Waals surface area contributed by atoms with Crippen molar-refractivity contribution in [1.82, 2.24) is 19.9 Å². The van der Waals surface area contributed by atoms with Crippen LogP contribution in [0.5, 0.6) is 0 Å². The van der Waals surface area contributed by atoms with E-state index in [1.165, 1.54) is 0 Å². The molecule has 3 heterocycles. The molecule has 0 spiro atoms. The highest BCUT2D eigenvalue weighted by Gasteiger charge is 2.16. The zero-order chi connectivity index (χ0) is 18.1. The van der Waals surface area contributed by atoms with Crippen molar-refractivity contribution in [2.75, 3.05) is 25.0 Å². The lowest BCUT2D eigenvalue weighted by atomic mass is 10.1. The van der Waals surface area contributed by atoms with Gasteiger partial charge < -0.3 is 15.4 Å². The summed E-state index contributed by atoms with van der Waals surface area (Å²) in [5, 5.41) is 10.5. The minimum absolute atomic E-state index is 0.0640. The van der Waals surface area contributed by atoms with E-state index >= 15 is 0 Å². The summed E-state index contributed by atoms with van der Waals surface area (Å²) in [6.07, 6.45) is 1.77. The number of nitrogens with one attached hydrogen (secondary N) is 2. The Bertz CT molecular complexity index is 942. The maximum atomic E-state index is 12.6. The van der Waals surface area contributed by atoms with Gasteiger partial charge in [-0.2, -0.15) is 5.10 Å². The molecule has 1 unspecified atom stereocenters. The second-order valence-electron chi connectivity index (χ2n) is 6.48. The van der Waals surface area contributed by atoms with Crippen LogP contribution in [0.2, 0.25) is 0 Å². The van der Waals surface area contributed by atoms with Crippen molar-refractivity contribution in [3.63, 3.8) is 0 Å². The number of carbonyl (C=O) groups is 1. The Balaban J connectivity index is 1.50. The third-order valence-electron chi connectivity index (χ3n) is 4.45. The predicted molar refractivity (Wildman–Crippen MR) is 98.4 cm³/mol. The van der Waals surface area contributed by atoms with Crippen LogP contribution in [0.15, 0.2) is 36.5 Å². The fraction of sp³-hybridized carbons (Fsp3) is 0.316. The lowest BCUT2D eigenvalue weighted by Crippen LogP contribution is -2.33. The SMILES string of the molecule is Cc1nc2c(C)cc(C(=O)Nc3ccc(C4CNCCO4)cc3)cn2n1. The van der Waals surface area contributed by atoms with Crippen LogP contribution < -0.4 is 10.6 Å². The Morgan fingerprint density at radius 1 is 1.31 bits per heavy atom. The summed E-state index contributed by atoms with van der Waals surface area (Å²) in [5.41, 5.74) is 4.07. The van der Waals surface area contributed by atoms with Crippen LogP contribution in [0.4, 0.5) is 5.69 Å². The van der Waals surface area contributed by atoms with Gasteiger partial charge in [-0.15, -0.1) is 0 Å². The third-order valence-corrected chi connectivity index (χ3v) is 4.45. The maximum absolute atomic E-state index is 12.6. The number of hydrogen-bond donors (Lipinski definition) is 2. The van der Waals surface area contributed by atoms with Gasteiger partial charge in [0.1, 0.15) is 5.82 Å². The van der Waals surface area contributed by atoms with E-state index < -0.39 is 0 Å². The summed E-state index contributed by atoms with van der Waals surface area (Å²) in [6.45, 7) is 6.17. The molecule has 1 aliphatic rings. The Kier molecular flexibility index (Phi) is 4.40. The molecule has 2 N–H and O–H groups in total. The van der Waals surface area contributed by atoms with Crippen LogP contribution in [0.1, 0.15) is 33.4 Å². The molecule has 7 heteroatoms. The molecule has 0 saturated carbocycles. The lowest BCUT2D eigenvalue weighted by Gasteiger charge is -2.24. The van der Waals surface area contributed by atoms with Gasteiger partial charge in [0, 0.05) is 25.0 Å². The fourth-order valence-electron chi connectivity index (χ4n) is 3.14. The summed E-state index contributed by atoms with van der Waals surface area (Å²) in [4.78, 5) is 17.0. The van der Waals surface area contributed by atoms with Crippen LogP contribution in [0, 0.1) is 13.8 Å². The van der Waals surface area contributed by atoms with Crippen molar-refractivity contribution in [2.24, 2.45) is 0 Å². The smallest absolute Gasteiger partial charge is 0.257 e. The molecular weight excluding hydrogens is 330 g/mol. The number of fused-ring (bicyclic) bond motifs is 1. The molecule has 1 fully saturated rings. The first-order valence-corrected chi connectivity index (χ1v) is 8.67. The van der Waals surface area contributed by atoms with Crippen LogP contribution in [0.25, 0.3) is 5.65 Å². The molecule has 2 aromatic heterocycles. The summed E-state index contributed by atoms with van der Waals surface area (Å²) < 4.78 is 7.39. The first-order chi connectivity index (χ1) is 12.6. The standard InChI is InChI=1S/C19H21N5O2/c1-12-9-15(11-24-18(12)21-13(2)23-24)19(25)22-16-5-3-14(4-6-16)17-10-20-7-8-26-17/h3-6,9,11,17,20H,7-8,10H2,1-2H3,(H,22,25). The number of aryl methyl sites for hydroxylation is 2. The quantitative estimate of drug-likeness (QED) is 0.757. The topological polar surface area (TPSA) is 80.5 Å². The van der Waals surface area contributed by atoms with E-state index in [9.17, 15) is 4.79 Å². The highest BCUT2D eigenvalue weighted by Crippen LogP contribution is 2.21. The predicted octanol–water partition coefficient (Wildman–Crippen LogP) is 2.26. The highest BCUT2D eigenvalue weighted by atomic mass is 16.5. The molecule has 0 aliphatic carbocycles. The maximum Gasteiger partial charge on any atom is 0.257 e. The highest BCUT2D eigenvalue weighted by molar-refractivity contribution is 6.04. The van der Waals surface area contributed by atoms with Gasteiger partial charge in [-0.1, -0.05) is 12.1 Å². The molecule has 1 aromatic carbocycles. The number of benzene rings is 1. The summed E-state index contributed by atoms with van der Waals surface area (Å²) in [7, 11) is 0. The van der Waals surface area contributed by atoms with Crippen LogP contribution in [-0.2, 0) is 4.74 Å². The number of carbonyl (C=O) groups excluding carboxylic acids is 1. The molecule has 1 amide bonds. The van der Waals surface area contributed by atoms with Crippen molar-refractivity contribution < 1.29 is 9.53 Å². The zero-order valence-electron chi connectivity index (χ0n) is 14.8. The van der Waals surface area contributed by atoms with Crippen molar-refractivity contribution in [3.05, 3.63) is 59.0 Å². The molecule has 1 saturated heterocycles. The third kappa shape index (κ3) is 3.31. The minimum Gasteiger partial charge on any atom is -0.371 e. The van der Waals surface area contributed by atoms with E-state index in [-0.39, 0.29) is 12.0 Å². The van der Waals surface area contributed by atoms with Crippen molar-refractivity contribution >= 4 is 17.2 Å². The number of morpholine rings is 1. The monoisotopic (exact) mass is 351 g/mol. The van der Waals surface area contributed by atoms with E-state index in [4.69, 9.17) is 4.74 Å². The fourth-order valence-corrected chi connectivity index (χ4v) is 3.14. The molecule has 7 nitrogen and oxygen atoms in total. The van der Waals surface area contributed by atoms with Crippen LogP contribution >= 0.6 is 0 Å². The summed E-state index contributed by atoms with van der Waals surface area (Å²) in [6, 6.07) is 9.60. The summed E-state index contributed by atoms with van der Waals surface area (Å²) >= 11 is 0. The summed E-state index contributed by atoms with van der Waals surface area (Å²) in [5.74, 6) is 0.507. The van der Waals surface area contributed by atoms with E-state index in [0.717, 1.165) is 35.6 Å². The van der Waals surface area contributed by atoms with E-state index in [1.54, 1.807) is 10.7 Å². The minimum atomic E-state index is -0.175. The van der Waals surface area contributed by atoms with Gasteiger partial charge in [-0.05, 0) is 43.2 Å². The van der Waals surface area contributed by atoms with Gasteiger partial charge in [0.15, 0.2) is 5.65 Å². The number of rotatable bonds is 3. The molecule has 4 rings (SSSR count). The van der Waals surface area contributed by atoms with E-state index in [1.807, 2.05) is 44.2 Å². The molecule has 1 aliphatic heterocycles. The van der Waals surface area contributed by atoms with Gasteiger partial charge in [0.25, 0.3) is 5.91 Å². The molecule has 1 atom stereocenters. The number of anilines is 1. The van der Waals surface area contributed by atoms with Gasteiger partial charge in [0.05, 0.1) is 18.3 Å². The van der Waals surface area contributed by atoms with Crippen molar-refractivity contribution in [1.29, 1.82) is 0 Å². The average Bonchev–Trinajstić information content (AvgIpc) is 3.04. The van der Waals surface area contributed by atoms with Gasteiger partial charge >= 0.3 is 0 Å². The molecule has 0 bridgehead atoms. The van der Waals surface area contributed by atoms with Crippen LogP contribution in [0.3, 0.4) is 0 Å². The van der Waals surface area contributed by atoms with E-state index in [2.05, 4.69) is 20.7 Å². The Hall–Kier alpha value is -2.77. The second kappa shape index (κ2) is 6.86. The normalized spacial score (nSPS) is 17.4. The molecule has 134 valence electrons. The number of pyridine rings is 1. The molecule has 0 radical (unpaired) electrons. The van der Waals surface area contributed by atoms with Gasteiger partial charge in [-0.3, -0.25) is 4.79 Å². The van der Waals surface area contributed by atoms with Gasteiger partial charge in [-0.25, -0.2) is 9.50 Å². The number of ether oxygens (including phenoxy) is 1. The largest absolute Gasteiger partial charge is 0.371 e. The van der Waals surface area contributed by atoms with Crippen molar-refractivity contribution in [2.45, 2.75) is 20.0 Å². The number of amides is 1. The average molecular weight is 351 g/mol. The first kappa shape index (κ1) is 16.7. The molecule has 3 aromatic rings. The first-order valence-electron chi connectivity index (χ1n) is 8.67. The lowest BCUT2D eigenvalue weighted by molar-refractivity contribution is 0.0277. The Morgan fingerprint density at radius 2 is 2.12 bits per heavy atom. The zero-order valence-corrected chi connectivity index (χ0v) is 14.8.